The average Bonchev–Trinajstić information content (AvgIpc) is 2.90. The number of nitrogens with zero attached hydrogens (tertiary/aromatic N) is 4. The summed E-state index contributed by atoms with van der Waals surface area (Å²) in [6.45, 7) is 1.08. The van der Waals surface area contributed by atoms with Crippen LogP contribution in [0.4, 0.5) is 17.1 Å². The minimum Gasteiger partial charge on any atom is -0.481 e. The molecule has 0 aliphatic carbocycles. The van der Waals surface area contributed by atoms with E-state index in [4.69, 9.17) is 9.90 Å². The van der Waals surface area contributed by atoms with Crippen LogP contribution in [0.5, 0.6) is 0 Å². The molecule has 0 fully saturated rings. The van der Waals surface area contributed by atoms with Gasteiger partial charge in [0.25, 0.3) is 27.4 Å². The fraction of sp³-hybridized carbons (Fsp3) is 0.0417. The molecule has 13 nitrogen and oxygen atoms in total. The maximum atomic E-state index is 12.8. The number of aromatic nitrogens is 2. The molecule has 2 N–H and O–H groups in total. The number of benzene rings is 2. The zero-order valence-electron chi connectivity index (χ0n) is 20.1. The summed E-state index contributed by atoms with van der Waals surface area (Å²) in [6.07, 6.45) is 5.04. The number of rotatable bonds is 6. The van der Waals surface area contributed by atoms with E-state index in [9.17, 15) is 28.6 Å². The Bertz CT molecular complexity index is 1480. The first-order chi connectivity index (χ1) is 18.0. The van der Waals surface area contributed by atoms with Crippen molar-refractivity contribution >= 4 is 33.1 Å². The number of hydrogen-bond acceptors (Lipinski definition) is 9. The third-order valence-electron chi connectivity index (χ3n) is 4.32. The zero-order chi connectivity index (χ0) is 28.1. The van der Waals surface area contributed by atoms with Crippen molar-refractivity contribution < 1.29 is 48.6 Å². The smallest absolute Gasteiger partial charge is 0.300 e. The summed E-state index contributed by atoms with van der Waals surface area (Å²) in [5.74, 6) is -0.833. The Morgan fingerprint density at radius 1 is 0.872 bits per heavy atom. The van der Waals surface area contributed by atoms with E-state index in [1.165, 1.54) is 6.07 Å². The topological polar surface area (TPSA) is 196 Å². The van der Waals surface area contributed by atoms with Gasteiger partial charge in [-0.25, -0.2) is 8.42 Å². The van der Waals surface area contributed by atoms with Crippen molar-refractivity contribution in [2.24, 2.45) is 0 Å². The molecule has 0 bridgehead atoms. The second-order valence-electron chi connectivity index (χ2n) is 7.08. The standard InChI is InChI=1S/C17H12N4O6S.C5H5N.C2H4O2.Pd/c22-20(23)12-8-9-17(16(11-12)21(24)25)28(26,27)19-15-7-2-1-5-13(15)14-6-3-4-10-18-14;1-2-4-6-5-3-1;1-2(3)4;/h1-11,19H;1-5H;1H3,(H,3,4);. The van der Waals surface area contributed by atoms with Crippen molar-refractivity contribution in [3.05, 3.63) is 118 Å². The van der Waals surface area contributed by atoms with Gasteiger partial charge in [-0.05, 0) is 36.4 Å². The maximum Gasteiger partial charge on any atom is 0.300 e. The molecule has 2 aromatic heterocycles. The molecule has 0 atom stereocenters. The summed E-state index contributed by atoms with van der Waals surface area (Å²) in [5, 5.41) is 29.5. The summed E-state index contributed by atoms with van der Waals surface area (Å²) >= 11 is 0. The number of nitro groups is 2. The molecule has 0 saturated heterocycles. The number of non-ortho nitro benzene ring substituents is 1. The van der Waals surface area contributed by atoms with E-state index in [2.05, 4.69) is 14.7 Å². The van der Waals surface area contributed by atoms with Crippen LogP contribution in [0.1, 0.15) is 6.92 Å². The second kappa shape index (κ2) is 15.6. The molecule has 4 rings (SSSR count). The number of sulfonamides is 1. The number of carbonyl (C=O) groups is 1. The van der Waals surface area contributed by atoms with Crippen LogP contribution in [0.25, 0.3) is 11.3 Å². The zero-order valence-corrected chi connectivity index (χ0v) is 22.4. The first-order valence-corrected chi connectivity index (χ1v) is 12.0. The van der Waals surface area contributed by atoms with Crippen LogP contribution in [0, 0.1) is 20.2 Å². The number of nitro benzene ring substituents is 2. The molecule has 0 spiro atoms. The molecule has 4 aromatic rings. The molecular weight excluding hydrogens is 625 g/mol. The van der Waals surface area contributed by atoms with Crippen molar-refractivity contribution in [1.29, 1.82) is 0 Å². The Labute approximate surface area is 236 Å². The predicted octanol–water partition coefficient (Wildman–Crippen LogP) is 4.54. The molecule has 0 saturated carbocycles. The third kappa shape index (κ3) is 10.4. The molecule has 0 aliphatic rings. The van der Waals surface area contributed by atoms with Gasteiger partial charge in [-0.15, -0.1) is 0 Å². The molecule has 39 heavy (non-hydrogen) atoms. The fourth-order valence-corrected chi connectivity index (χ4v) is 4.05. The van der Waals surface area contributed by atoms with Gasteiger partial charge in [-0.2, -0.15) is 0 Å². The molecule has 0 amide bonds. The minimum absolute atomic E-state index is 0. The van der Waals surface area contributed by atoms with E-state index in [-0.39, 0.29) is 26.1 Å². The fourth-order valence-electron chi connectivity index (χ4n) is 2.82. The molecule has 0 radical (unpaired) electrons. The molecule has 0 aliphatic heterocycles. The maximum absolute atomic E-state index is 12.8. The first kappa shape index (κ1) is 32.5. The summed E-state index contributed by atoms with van der Waals surface area (Å²) in [7, 11) is -4.40. The molecule has 2 heterocycles. The normalized spacial score (nSPS) is 9.77. The van der Waals surface area contributed by atoms with Gasteiger partial charge < -0.3 is 5.11 Å². The van der Waals surface area contributed by atoms with Gasteiger partial charge >= 0.3 is 0 Å². The van der Waals surface area contributed by atoms with Gasteiger partial charge in [-0.3, -0.25) is 39.7 Å². The summed E-state index contributed by atoms with van der Waals surface area (Å²) < 4.78 is 27.9. The third-order valence-corrected chi connectivity index (χ3v) is 5.73. The SMILES string of the molecule is CC(=O)O.O=[N+]([O-])c1ccc(S(=O)(=O)Nc2ccccc2-c2ccccn2)c([N+](=O)[O-])c1.[Pd].c1ccncc1. The molecule has 0 unspecified atom stereocenters. The largest absolute Gasteiger partial charge is 0.481 e. The van der Waals surface area contributed by atoms with Crippen LogP contribution in [-0.2, 0) is 35.2 Å². The van der Waals surface area contributed by atoms with E-state index in [1.54, 1.807) is 55.0 Å². The average molecular weight is 646 g/mol. The van der Waals surface area contributed by atoms with Crippen LogP contribution in [0.3, 0.4) is 0 Å². The summed E-state index contributed by atoms with van der Waals surface area (Å²) in [5.41, 5.74) is -0.347. The Kier molecular flexibility index (Phi) is 13.0. The molecule has 2 aromatic carbocycles. The van der Waals surface area contributed by atoms with Crippen molar-refractivity contribution in [3.8, 4) is 11.3 Å². The molecular formula is C24H21N5O8PdS. The quantitative estimate of drug-likeness (QED) is 0.171. The van der Waals surface area contributed by atoms with E-state index in [0.29, 0.717) is 17.3 Å². The Balaban J connectivity index is 0.000000584. The van der Waals surface area contributed by atoms with Gasteiger partial charge in [-0.1, -0.05) is 30.3 Å². The predicted molar refractivity (Wildman–Crippen MR) is 138 cm³/mol. The van der Waals surface area contributed by atoms with Crippen LogP contribution in [-0.4, -0.2) is 39.3 Å². The number of hydrogen-bond donors (Lipinski definition) is 2. The van der Waals surface area contributed by atoms with Crippen LogP contribution in [0.2, 0.25) is 0 Å². The molecule has 15 heteroatoms. The number of carboxylic acids is 1. The van der Waals surface area contributed by atoms with Gasteiger partial charge in [0.15, 0.2) is 4.90 Å². The van der Waals surface area contributed by atoms with Gasteiger partial charge in [0.2, 0.25) is 0 Å². The second-order valence-corrected chi connectivity index (χ2v) is 8.73. The Morgan fingerprint density at radius 2 is 1.46 bits per heavy atom. The monoisotopic (exact) mass is 645 g/mol. The number of para-hydroxylation sites is 1. The summed E-state index contributed by atoms with van der Waals surface area (Å²) in [6, 6.07) is 19.6. The Morgan fingerprint density at radius 3 is 1.95 bits per heavy atom. The summed E-state index contributed by atoms with van der Waals surface area (Å²) in [4.78, 5) is 36.6. The van der Waals surface area contributed by atoms with E-state index in [0.717, 1.165) is 19.1 Å². The first-order valence-electron chi connectivity index (χ1n) is 10.5. The minimum atomic E-state index is -4.40. The van der Waals surface area contributed by atoms with Crippen LogP contribution >= 0.6 is 0 Å². The van der Waals surface area contributed by atoms with Gasteiger partial charge in [0.05, 0.1) is 27.3 Å². The van der Waals surface area contributed by atoms with Gasteiger partial charge in [0, 0.05) is 57.6 Å². The van der Waals surface area contributed by atoms with Crippen LogP contribution in [0.15, 0.2) is 102 Å². The Hall–Kier alpha value is -4.58. The molecule has 206 valence electrons. The van der Waals surface area contributed by atoms with Gasteiger partial charge in [0.1, 0.15) is 0 Å². The van der Waals surface area contributed by atoms with Crippen LogP contribution < -0.4 is 4.72 Å². The number of anilines is 1. The van der Waals surface area contributed by atoms with E-state index in [1.807, 2.05) is 18.2 Å². The number of nitrogens with one attached hydrogen (secondary N) is 1. The van der Waals surface area contributed by atoms with Crippen molar-refractivity contribution in [2.75, 3.05) is 4.72 Å². The van der Waals surface area contributed by atoms with E-state index < -0.39 is 42.1 Å². The number of pyridine rings is 2. The van der Waals surface area contributed by atoms with Crippen molar-refractivity contribution in [1.82, 2.24) is 9.97 Å². The van der Waals surface area contributed by atoms with Crippen molar-refractivity contribution in [3.63, 3.8) is 0 Å². The van der Waals surface area contributed by atoms with Crippen molar-refractivity contribution in [2.45, 2.75) is 11.8 Å². The number of carboxylic acid groups (broad SMARTS) is 1. The van der Waals surface area contributed by atoms with E-state index >= 15 is 0 Å². The number of aliphatic carboxylic acids is 1.